The molecular weight excluding hydrogens is 180 g/mol. The number of unbranched alkanes of at least 4 members (excludes halogenated alkanes) is 1. The average Bonchev–Trinajstić information content (AvgIpc) is 2.57. The summed E-state index contributed by atoms with van der Waals surface area (Å²) in [5.74, 6) is -0.244. The molecule has 1 saturated carbocycles. The molecule has 0 amide bonds. The van der Waals surface area contributed by atoms with Crippen molar-refractivity contribution in [2.45, 2.75) is 45.4 Å². The van der Waals surface area contributed by atoms with Crippen molar-refractivity contribution in [1.82, 2.24) is 0 Å². The van der Waals surface area contributed by atoms with E-state index in [9.17, 15) is 9.59 Å². The molecule has 1 aliphatic carbocycles. The molecule has 0 unspecified atom stereocenters. The Balaban J connectivity index is 2.78. The van der Waals surface area contributed by atoms with Crippen LogP contribution in [0, 0.1) is 5.41 Å². The second-order valence-electron chi connectivity index (χ2n) is 3.95. The first-order chi connectivity index (χ1) is 6.67. The Morgan fingerprint density at radius 1 is 1.57 bits per heavy atom. The minimum absolute atomic E-state index is 0.0813. The zero-order valence-electron chi connectivity index (χ0n) is 8.97. The Bertz CT molecular complexity index is 235. The molecular formula is C11H18O3. The highest BCUT2D eigenvalue weighted by atomic mass is 16.5. The SMILES string of the molecule is CCCC[C@@]1(C(=O)OC)CCCC1=O. The van der Waals surface area contributed by atoms with Crippen LogP contribution >= 0.6 is 0 Å². The van der Waals surface area contributed by atoms with E-state index in [0.29, 0.717) is 19.3 Å². The minimum Gasteiger partial charge on any atom is -0.468 e. The number of carbonyl (C=O) groups excluding carboxylic acids is 2. The van der Waals surface area contributed by atoms with Crippen molar-refractivity contribution in [3.8, 4) is 0 Å². The third kappa shape index (κ3) is 1.81. The zero-order chi connectivity index (χ0) is 10.6. The van der Waals surface area contributed by atoms with Gasteiger partial charge in [0.15, 0.2) is 0 Å². The van der Waals surface area contributed by atoms with Crippen LogP contribution < -0.4 is 0 Å². The van der Waals surface area contributed by atoms with E-state index in [1.807, 2.05) is 0 Å². The molecule has 1 aliphatic rings. The van der Waals surface area contributed by atoms with E-state index in [0.717, 1.165) is 19.3 Å². The van der Waals surface area contributed by atoms with E-state index < -0.39 is 5.41 Å². The van der Waals surface area contributed by atoms with Gasteiger partial charge in [0.05, 0.1) is 7.11 Å². The van der Waals surface area contributed by atoms with Crippen LogP contribution in [0.4, 0.5) is 0 Å². The van der Waals surface area contributed by atoms with Crippen LogP contribution in [0.3, 0.4) is 0 Å². The van der Waals surface area contributed by atoms with Gasteiger partial charge in [-0.15, -0.1) is 0 Å². The Morgan fingerprint density at radius 3 is 2.71 bits per heavy atom. The van der Waals surface area contributed by atoms with Crippen molar-refractivity contribution in [2.75, 3.05) is 7.11 Å². The highest BCUT2D eigenvalue weighted by Crippen LogP contribution is 2.40. The quantitative estimate of drug-likeness (QED) is 0.513. The third-order valence-corrected chi connectivity index (χ3v) is 3.07. The molecule has 0 aromatic heterocycles. The van der Waals surface area contributed by atoms with E-state index in [1.54, 1.807) is 0 Å². The van der Waals surface area contributed by atoms with Crippen molar-refractivity contribution in [3.63, 3.8) is 0 Å². The molecule has 0 heterocycles. The van der Waals surface area contributed by atoms with Crippen LogP contribution in [0.5, 0.6) is 0 Å². The molecule has 0 aliphatic heterocycles. The molecule has 0 radical (unpaired) electrons. The standard InChI is InChI=1S/C11H18O3/c1-3-4-7-11(10(13)14-2)8-5-6-9(11)12/h3-8H2,1-2H3/t11-/m1/s1. The first-order valence-corrected chi connectivity index (χ1v) is 5.29. The lowest BCUT2D eigenvalue weighted by atomic mass is 9.80. The summed E-state index contributed by atoms with van der Waals surface area (Å²) < 4.78 is 4.75. The molecule has 3 nitrogen and oxygen atoms in total. The molecule has 0 aromatic rings. The van der Waals surface area contributed by atoms with Gasteiger partial charge in [0.25, 0.3) is 0 Å². The predicted molar refractivity (Wildman–Crippen MR) is 52.8 cm³/mol. The van der Waals surface area contributed by atoms with E-state index >= 15 is 0 Å². The molecule has 0 bridgehead atoms. The highest BCUT2D eigenvalue weighted by Gasteiger charge is 2.48. The van der Waals surface area contributed by atoms with Gasteiger partial charge in [0, 0.05) is 6.42 Å². The number of carbonyl (C=O) groups is 2. The lowest BCUT2D eigenvalue weighted by Crippen LogP contribution is -2.36. The summed E-state index contributed by atoms with van der Waals surface area (Å²) in [5, 5.41) is 0. The predicted octanol–water partition coefficient (Wildman–Crippen LogP) is 2.09. The van der Waals surface area contributed by atoms with Crippen molar-refractivity contribution in [1.29, 1.82) is 0 Å². The maximum Gasteiger partial charge on any atom is 0.319 e. The Hall–Kier alpha value is -0.860. The van der Waals surface area contributed by atoms with Gasteiger partial charge < -0.3 is 4.74 Å². The summed E-state index contributed by atoms with van der Waals surface area (Å²) >= 11 is 0. The number of hydrogen-bond donors (Lipinski definition) is 0. The number of rotatable bonds is 4. The number of ether oxygens (including phenoxy) is 1. The van der Waals surface area contributed by atoms with Gasteiger partial charge in [-0.05, 0) is 19.3 Å². The van der Waals surface area contributed by atoms with Gasteiger partial charge in [-0.2, -0.15) is 0 Å². The van der Waals surface area contributed by atoms with Crippen LogP contribution in [0.15, 0.2) is 0 Å². The number of esters is 1. The molecule has 0 spiro atoms. The van der Waals surface area contributed by atoms with E-state index in [2.05, 4.69) is 6.92 Å². The highest BCUT2D eigenvalue weighted by molar-refractivity contribution is 6.05. The van der Waals surface area contributed by atoms with Gasteiger partial charge in [-0.1, -0.05) is 19.8 Å². The van der Waals surface area contributed by atoms with Crippen molar-refractivity contribution in [3.05, 3.63) is 0 Å². The van der Waals surface area contributed by atoms with Gasteiger partial charge >= 0.3 is 5.97 Å². The zero-order valence-corrected chi connectivity index (χ0v) is 8.97. The Labute approximate surface area is 84.8 Å². The number of Topliss-reactive ketones (excluding diaryl/α,β-unsaturated/α-hetero) is 1. The van der Waals surface area contributed by atoms with Gasteiger partial charge in [0.2, 0.25) is 0 Å². The van der Waals surface area contributed by atoms with Crippen molar-refractivity contribution in [2.24, 2.45) is 5.41 Å². The van der Waals surface area contributed by atoms with Crippen molar-refractivity contribution < 1.29 is 14.3 Å². The maximum absolute atomic E-state index is 11.7. The van der Waals surface area contributed by atoms with Crippen LogP contribution in [-0.4, -0.2) is 18.9 Å². The normalized spacial score (nSPS) is 26.6. The minimum atomic E-state index is -0.787. The fourth-order valence-electron chi connectivity index (χ4n) is 2.19. The smallest absolute Gasteiger partial charge is 0.319 e. The van der Waals surface area contributed by atoms with Gasteiger partial charge in [-0.3, -0.25) is 9.59 Å². The molecule has 80 valence electrons. The fourth-order valence-corrected chi connectivity index (χ4v) is 2.19. The molecule has 3 heteroatoms. The van der Waals surface area contributed by atoms with Crippen LogP contribution in [0.1, 0.15) is 45.4 Å². The molecule has 0 N–H and O–H groups in total. The van der Waals surface area contributed by atoms with E-state index in [1.165, 1.54) is 7.11 Å². The average molecular weight is 198 g/mol. The van der Waals surface area contributed by atoms with Gasteiger partial charge in [0.1, 0.15) is 11.2 Å². The van der Waals surface area contributed by atoms with E-state index in [-0.39, 0.29) is 11.8 Å². The molecule has 1 atom stereocenters. The molecule has 0 saturated heterocycles. The van der Waals surface area contributed by atoms with E-state index in [4.69, 9.17) is 4.74 Å². The first kappa shape index (κ1) is 11.2. The monoisotopic (exact) mass is 198 g/mol. The Morgan fingerprint density at radius 2 is 2.29 bits per heavy atom. The lowest BCUT2D eigenvalue weighted by molar-refractivity contribution is -0.157. The number of methoxy groups -OCH3 is 1. The summed E-state index contributed by atoms with van der Waals surface area (Å²) in [6.07, 6.45) is 4.64. The molecule has 14 heavy (non-hydrogen) atoms. The lowest BCUT2D eigenvalue weighted by Gasteiger charge is -2.23. The largest absolute Gasteiger partial charge is 0.468 e. The van der Waals surface area contributed by atoms with Crippen LogP contribution in [-0.2, 0) is 14.3 Å². The van der Waals surface area contributed by atoms with Crippen LogP contribution in [0.2, 0.25) is 0 Å². The second kappa shape index (κ2) is 4.58. The summed E-state index contributed by atoms with van der Waals surface area (Å²) in [7, 11) is 1.36. The fraction of sp³-hybridized carbons (Fsp3) is 0.818. The van der Waals surface area contributed by atoms with Crippen molar-refractivity contribution >= 4 is 11.8 Å². The molecule has 1 fully saturated rings. The van der Waals surface area contributed by atoms with Gasteiger partial charge in [-0.25, -0.2) is 0 Å². The number of ketones is 1. The summed E-state index contributed by atoms with van der Waals surface area (Å²) in [4.78, 5) is 23.3. The Kier molecular flexibility index (Phi) is 3.67. The molecule has 0 aromatic carbocycles. The second-order valence-corrected chi connectivity index (χ2v) is 3.95. The third-order valence-electron chi connectivity index (χ3n) is 3.07. The summed E-state index contributed by atoms with van der Waals surface area (Å²) in [6.45, 7) is 2.06. The first-order valence-electron chi connectivity index (χ1n) is 5.29. The topological polar surface area (TPSA) is 43.4 Å². The van der Waals surface area contributed by atoms with Crippen LogP contribution in [0.25, 0.3) is 0 Å². The number of hydrogen-bond acceptors (Lipinski definition) is 3. The maximum atomic E-state index is 11.7. The summed E-state index contributed by atoms with van der Waals surface area (Å²) in [6, 6.07) is 0. The molecule has 1 rings (SSSR count). The summed E-state index contributed by atoms with van der Waals surface area (Å²) in [5.41, 5.74) is -0.787.